The number of hydrogen-bond acceptors (Lipinski definition) is 12. The molecular formula is C28H54N4O11. The topological polar surface area (TPSA) is 169 Å². The van der Waals surface area contributed by atoms with Crippen molar-refractivity contribution in [3.8, 4) is 0 Å². The van der Waals surface area contributed by atoms with Crippen molar-refractivity contribution in [2.45, 2.75) is 59.2 Å². The molecule has 0 aliphatic heterocycles. The first-order chi connectivity index (χ1) is 20.4. The molecule has 0 aliphatic carbocycles. The minimum absolute atomic E-state index is 0.209. The van der Waals surface area contributed by atoms with E-state index in [1.807, 2.05) is 41.5 Å². The Hall–Kier alpha value is -2.23. The van der Waals surface area contributed by atoms with Crippen LogP contribution in [0.3, 0.4) is 0 Å². The molecule has 0 saturated carbocycles. The highest BCUT2D eigenvalue weighted by molar-refractivity contribution is 5.69. The Balaban J connectivity index is 3.86. The lowest BCUT2D eigenvalue weighted by atomic mass is 10.2. The molecule has 0 aromatic rings. The van der Waals surface area contributed by atoms with Gasteiger partial charge in [0.05, 0.1) is 98.9 Å². The zero-order valence-corrected chi connectivity index (χ0v) is 27.0. The van der Waals surface area contributed by atoms with Gasteiger partial charge in [0.25, 0.3) is 0 Å². The molecule has 252 valence electrons. The molecule has 0 bridgehead atoms. The number of rotatable bonds is 27. The predicted octanol–water partition coefficient (Wildman–Crippen LogP) is 3.38. The fourth-order valence-electron chi connectivity index (χ4n) is 2.97. The molecule has 0 aliphatic rings. The van der Waals surface area contributed by atoms with E-state index in [9.17, 15) is 9.59 Å². The van der Waals surface area contributed by atoms with E-state index in [0.29, 0.717) is 112 Å². The van der Waals surface area contributed by atoms with Crippen LogP contribution in [0, 0.1) is 0 Å². The SMILES string of the molecule is CC(C)(C)OC(=O)CCOCCOCCOCCOCCN(CCOCCOCCOCCN=[N+]=[N-])C(=O)OC(C)(C)C. The summed E-state index contributed by atoms with van der Waals surface area (Å²) >= 11 is 0. The van der Waals surface area contributed by atoms with Crippen molar-refractivity contribution in [3.63, 3.8) is 0 Å². The van der Waals surface area contributed by atoms with Gasteiger partial charge in [-0.25, -0.2) is 4.79 Å². The van der Waals surface area contributed by atoms with Gasteiger partial charge in [-0.15, -0.1) is 0 Å². The minimum Gasteiger partial charge on any atom is -0.460 e. The van der Waals surface area contributed by atoms with Crippen LogP contribution in [0.4, 0.5) is 4.79 Å². The van der Waals surface area contributed by atoms with Crippen molar-refractivity contribution in [3.05, 3.63) is 10.4 Å². The second-order valence-electron chi connectivity index (χ2n) is 11.0. The van der Waals surface area contributed by atoms with Gasteiger partial charge < -0.3 is 47.5 Å². The van der Waals surface area contributed by atoms with E-state index in [4.69, 9.17) is 48.2 Å². The molecule has 0 radical (unpaired) electrons. The van der Waals surface area contributed by atoms with Crippen LogP contribution in [-0.4, -0.2) is 140 Å². The third-order valence-electron chi connectivity index (χ3n) is 4.79. The molecule has 0 spiro atoms. The standard InChI is InChI=1S/C28H54N4O11/c1-27(2,3)42-25(33)7-11-35-15-19-39-23-24-41-22-18-38-14-10-32(26(34)43-28(4,5)6)9-13-37-17-21-40-20-16-36-12-8-30-31-29/h7-24H2,1-6H3. The first-order valence-corrected chi connectivity index (χ1v) is 14.7. The number of ether oxygens (including phenoxy) is 9. The second-order valence-corrected chi connectivity index (χ2v) is 11.0. The second kappa shape index (κ2) is 26.2. The summed E-state index contributed by atoms with van der Waals surface area (Å²) in [5.41, 5.74) is 7.08. The van der Waals surface area contributed by atoms with Crippen LogP contribution in [0.25, 0.3) is 10.4 Å². The maximum atomic E-state index is 12.6. The monoisotopic (exact) mass is 622 g/mol. The number of hydrogen-bond donors (Lipinski definition) is 0. The van der Waals surface area contributed by atoms with E-state index in [1.165, 1.54) is 0 Å². The number of amides is 1. The van der Waals surface area contributed by atoms with Crippen molar-refractivity contribution in [1.82, 2.24) is 4.90 Å². The molecule has 0 saturated heterocycles. The highest BCUT2D eigenvalue weighted by Crippen LogP contribution is 2.10. The molecule has 0 unspecified atom stereocenters. The lowest BCUT2D eigenvalue weighted by Crippen LogP contribution is -2.40. The Labute approximate surface area is 256 Å². The number of nitrogens with zero attached hydrogens (tertiary/aromatic N) is 4. The van der Waals surface area contributed by atoms with Crippen LogP contribution in [0.5, 0.6) is 0 Å². The summed E-state index contributed by atoms with van der Waals surface area (Å²) < 4.78 is 48.9. The highest BCUT2D eigenvalue weighted by Gasteiger charge is 2.22. The summed E-state index contributed by atoms with van der Waals surface area (Å²) in [6.45, 7) is 17.2. The summed E-state index contributed by atoms with van der Waals surface area (Å²) in [5, 5.41) is 3.38. The van der Waals surface area contributed by atoms with Crippen LogP contribution < -0.4 is 0 Å². The van der Waals surface area contributed by atoms with Crippen molar-refractivity contribution in [2.24, 2.45) is 5.11 Å². The summed E-state index contributed by atoms with van der Waals surface area (Å²) in [5.74, 6) is -0.284. The van der Waals surface area contributed by atoms with Gasteiger partial charge in [-0.2, -0.15) is 0 Å². The third kappa shape index (κ3) is 31.0. The van der Waals surface area contributed by atoms with Crippen LogP contribution in [0.2, 0.25) is 0 Å². The quantitative estimate of drug-likeness (QED) is 0.0433. The Morgan fingerprint density at radius 2 is 0.953 bits per heavy atom. The van der Waals surface area contributed by atoms with E-state index in [1.54, 1.807) is 4.90 Å². The molecule has 15 heteroatoms. The summed E-state index contributed by atoms with van der Waals surface area (Å²) in [4.78, 5) is 28.4. The van der Waals surface area contributed by atoms with Gasteiger partial charge in [0, 0.05) is 24.5 Å². The molecule has 0 atom stereocenters. The van der Waals surface area contributed by atoms with Gasteiger partial charge in [-0.1, -0.05) is 5.11 Å². The Bertz CT molecular complexity index is 754. The van der Waals surface area contributed by atoms with Crippen molar-refractivity contribution < 1.29 is 52.2 Å². The molecule has 0 aromatic heterocycles. The average molecular weight is 623 g/mol. The summed E-state index contributed by atoms with van der Waals surface area (Å²) in [6, 6.07) is 0. The lowest BCUT2D eigenvalue weighted by Gasteiger charge is -2.27. The van der Waals surface area contributed by atoms with E-state index in [0.717, 1.165) is 0 Å². The van der Waals surface area contributed by atoms with E-state index in [-0.39, 0.29) is 12.4 Å². The molecule has 0 aromatic carbocycles. The molecular weight excluding hydrogens is 568 g/mol. The number of azide groups is 1. The Morgan fingerprint density at radius 1 is 0.581 bits per heavy atom. The van der Waals surface area contributed by atoms with Gasteiger partial charge >= 0.3 is 12.1 Å². The first-order valence-electron chi connectivity index (χ1n) is 14.7. The summed E-state index contributed by atoms with van der Waals surface area (Å²) in [6.07, 6.45) is -0.226. The maximum Gasteiger partial charge on any atom is 0.410 e. The Kier molecular flexibility index (Phi) is 24.8. The minimum atomic E-state index is -0.615. The molecule has 15 nitrogen and oxygen atoms in total. The molecule has 0 rings (SSSR count). The molecule has 1 amide bonds. The first kappa shape index (κ1) is 40.8. The van der Waals surface area contributed by atoms with Gasteiger partial charge in [0.15, 0.2) is 0 Å². The normalized spacial score (nSPS) is 11.7. The van der Waals surface area contributed by atoms with Gasteiger partial charge in [0.2, 0.25) is 0 Å². The molecule has 43 heavy (non-hydrogen) atoms. The number of carbonyl (C=O) groups excluding carboxylic acids is 2. The zero-order valence-electron chi connectivity index (χ0n) is 27.0. The smallest absolute Gasteiger partial charge is 0.410 e. The fourth-order valence-corrected chi connectivity index (χ4v) is 2.97. The lowest BCUT2D eigenvalue weighted by molar-refractivity contribution is -0.156. The van der Waals surface area contributed by atoms with Crippen molar-refractivity contribution in [1.29, 1.82) is 0 Å². The number of esters is 1. The van der Waals surface area contributed by atoms with Crippen LogP contribution in [-0.2, 0) is 47.4 Å². The zero-order chi connectivity index (χ0) is 32.2. The fraction of sp³-hybridized carbons (Fsp3) is 0.929. The van der Waals surface area contributed by atoms with E-state index in [2.05, 4.69) is 10.0 Å². The van der Waals surface area contributed by atoms with Crippen LogP contribution in [0.15, 0.2) is 5.11 Å². The predicted molar refractivity (Wildman–Crippen MR) is 158 cm³/mol. The number of carbonyl (C=O) groups is 2. The van der Waals surface area contributed by atoms with Crippen molar-refractivity contribution in [2.75, 3.05) is 112 Å². The van der Waals surface area contributed by atoms with Gasteiger partial charge in [-0.05, 0) is 47.1 Å². The van der Waals surface area contributed by atoms with Crippen LogP contribution in [0.1, 0.15) is 48.0 Å². The molecule has 0 heterocycles. The van der Waals surface area contributed by atoms with Gasteiger partial charge in [0.1, 0.15) is 11.2 Å². The summed E-state index contributed by atoms with van der Waals surface area (Å²) in [7, 11) is 0. The molecule has 0 N–H and O–H groups in total. The van der Waals surface area contributed by atoms with Gasteiger partial charge in [-0.3, -0.25) is 4.79 Å². The third-order valence-corrected chi connectivity index (χ3v) is 4.79. The van der Waals surface area contributed by atoms with E-state index >= 15 is 0 Å². The van der Waals surface area contributed by atoms with E-state index < -0.39 is 17.3 Å². The molecule has 0 fully saturated rings. The highest BCUT2D eigenvalue weighted by atomic mass is 16.6. The largest absolute Gasteiger partial charge is 0.460 e. The Morgan fingerprint density at radius 3 is 1.35 bits per heavy atom. The maximum absolute atomic E-state index is 12.6. The van der Waals surface area contributed by atoms with Crippen LogP contribution >= 0.6 is 0 Å². The average Bonchev–Trinajstić information content (AvgIpc) is 2.90. The van der Waals surface area contributed by atoms with Crippen molar-refractivity contribution >= 4 is 12.1 Å².